The molecular weight excluding hydrogens is 455 g/mol. The van der Waals surface area contributed by atoms with E-state index >= 15 is 0 Å². The average molecular weight is 474 g/mol. The van der Waals surface area contributed by atoms with Crippen LogP contribution < -0.4 is 11.4 Å². The summed E-state index contributed by atoms with van der Waals surface area (Å²) in [5, 5.41) is 0. The average Bonchev–Trinajstić information content (AvgIpc) is 3.02. The molecule has 1 aromatic carbocycles. The van der Waals surface area contributed by atoms with E-state index in [9.17, 15) is 13.2 Å². The van der Waals surface area contributed by atoms with Crippen LogP contribution >= 0.6 is 22.6 Å². The van der Waals surface area contributed by atoms with Gasteiger partial charge in [0.2, 0.25) is 10.0 Å². The summed E-state index contributed by atoms with van der Waals surface area (Å²) in [5.74, 6) is 0.192. The Hall–Kier alpha value is -1.46. The quantitative estimate of drug-likeness (QED) is 0.679. The molecule has 2 N–H and O–H groups in total. The number of aryl methyl sites for hydroxylation is 1. The van der Waals surface area contributed by atoms with E-state index in [2.05, 4.69) is 4.98 Å². The third-order valence-electron chi connectivity index (χ3n) is 4.33. The fourth-order valence-corrected chi connectivity index (χ4v) is 5.13. The highest BCUT2D eigenvalue weighted by atomic mass is 127. The normalized spacial score (nSPS) is 18.6. The second kappa shape index (κ2) is 7.04. The maximum atomic E-state index is 13.0. The van der Waals surface area contributed by atoms with Gasteiger partial charge < -0.3 is 5.73 Å². The number of hydrogen-bond acceptors (Lipinski definition) is 5. The molecule has 0 aliphatic carbocycles. The third kappa shape index (κ3) is 3.72. The van der Waals surface area contributed by atoms with Gasteiger partial charge in [-0.15, -0.1) is 0 Å². The number of nitrogens with zero attached hydrogens (tertiary/aromatic N) is 3. The van der Waals surface area contributed by atoms with Gasteiger partial charge in [0.1, 0.15) is 5.82 Å². The maximum Gasteiger partial charge on any atom is 0.349 e. The first kappa shape index (κ1) is 18.3. The molecule has 25 heavy (non-hydrogen) atoms. The summed E-state index contributed by atoms with van der Waals surface area (Å²) in [6, 6.07) is 6.55. The Morgan fingerprint density at radius 2 is 2.00 bits per heavy atom. The predicted molar refractivity (Wildman–Crippen MR) is 104 cm³/mol. The molecule has 2 aromatic rings. The zero-order chi connectivity index (χ0) is 18.2. The Balaban J connectivity index is 1.89. The van der Waals surface area contributed by atoms with Crippen LogP contribution in [-0.4, -0.2) is 34.9 Å². The molecule has 0 saturated carbocycles. The molecule has 0 radical (unpaired) electrons. The monoisotopic (exact) mass is 474 g/mol. The summed E-state index contributed by atoms with van der Waals surface area (Å²) in [6.07, 6.45) is 3.10. The second-order valence-electron chi connectivity index (χ2n) is 6.13. The Labute approximate surface area is 160 Å². The van der Waals surface area contributed by atoms with Crippen LogP contribution in [0.1, 0.15) is 18.4 Å². The van der Waals surface area contributed by atoms with Crippen LogP contribution in [-0.2, 0) is 16.6 Å². The van der Waals surface area contributed by atoms with Crippen molar-refractivity contribution in [3.63, 3.8) is 0 Å². The molecule has 2 heterocycles. The van der Waals surface area contributed by atoms with Crippen molar-refractivity contribution in [1.29, 1.82) is 0 Å². The van der Waals surface area contributed by atoms with Gasteiger partial charge in [0.25, 0.3) is 0 Å². The molecule has 1 aliphatic heterocycles. The first-order valence-electron chi connectivity index (χ1n) is 7.90. The second-order valence-corrected chi connectivity index (χ2v) is 9.19. The molecule has 1 aromatic heterocycles. The molecule has 1 saturated heterocycles. The van der Waals surface area contributed by atoms with E-state index in [0.717, 1.165) is 12.0 Å². The van der Waals surface area contributed by atoms with Crippen LogP contribution in [0.15, 0.2) is 40.2 Å². The fraction of sp³-hybridized carbons (Fsp3) is 0.375. The Bertz CT molecular complexity index is 941. The Morgan fingerprint density at radius 3 is 2.68 bits per heavy atom. The summed E-state index contributed by atoms with van der Waals surface area (Å²) in [4.78, 5) is 16.1. The van der Waals surface area contributed by atoms with Crippen molar-refractivity contribution < 1.29 is 8.42 Å². The molecule has 9 heteroatoms. The molecule has 0 bridgehead atoms. The van der Waals surface area contributed by atoms with E-state index in [1.165, 1.54) is 8.87 Å². The number of hydrogen-bond donors (Lipinski definition) is 1. The minimum atomic E-state index is -3.58. The number of benzene rings is 1. The summed E-state index contributed by atoms with van der Waals surface area (Å²) in [7, 11) is -3.58. The first-order valence-corrected chi connectivity index (χ1v) is 10.4. The molecule has 3 rings (SSSR count). The summed E-state index contributed by atoms with van der Waals surface area (Å²) >= 11 is 2.01. The molecule has 1 aliphatic rings. The SMILES string of the molecule is Cc1ccc(S(=O)(=O)N2CCC[C@H]2Cn2cc(I)c(N)nc2=O)cc1. The minimum Gasteiger partial charge on any atom is -0.383 e. The van der Waals surface area contributed by atoms with Gasteiger partial charge in [0.15, 0.2) is 0 Å². The summed E-state index contributed by atoms with van der Waals surface area (Å²) < 4.78 is 29.5. The highest BCUT2D eigenvalue weighted by Gasteiger charge is 2.35. The molecule has 0 unspecified atom stereocenters. The topological polar surface area (TPSA) is 98.3 Å². The van der Waals surface area contributed by atoms with Gasteiger partial charge in [-0.25, -0.2) is 13.2 Å². The number of halogens is 1. The van der Waals surface area contributed by atoms with Gasteiger partial charge in [0, 0.05) is 25.3 Å². The van der Waals surface area contributed by atoms with Gasteiger partial charge in [0.05, 0.1) is 8.47 Å². The van der Waals surface area contributed by atoms with Crippen LogP contribution in [0.5, 0.6) is 0 Å². The van der Waals surface area contributed by atoms with Gasteiger partial charge in [-0.1, -0.05) is 17.7 Å². The molecule has 1 fully saturated rings. The van der Waals surface area contributed by atoms with Crippen LogP contribution in [0.2, 0.25) is 0 Å². The van der Waals surface area contributed by atoms with Gasteiger partial charge in [-0.05, 0) is 54.5 Å². The lowest BCUT2D eigenvalue weighted by Crippen LogP contribution is -2.40. The predicted octanol–water partition coefficient (Wildman–Crippen LogP) is 1.59. The van der Waals surface area contributed by atoms with Crippen LogP contribution in [0, 0.1) is 10.5 Å². The van der Waals surface area contributed by atoms with E-state index in [4.69, 9.17) is 5.73 Å². The third-order valence-corrected chi connectivity index (χ3v) is 7.13. The number of rotatable bonds is 4. The minimum absolute atomic E-state index is 0.192. The van der Waals surface area contributed by atoms with Crippen molar-refractivity contribution in [2.24, 2.45) is 0 Å². The molecule has 7 nitrogen and oxygen atoms in total. The van der Waals surface area contributed by atoms with E-state index in [1.54, 1.807) is 30.5 Å². The van der Waals surface area contributed by atoms with Crippen molar-refractivity contribution in [2.45, 2.75) is 37.2 Å². The molecule has 1 atom stereocenters. The number of anilines is 1. The number of aromatic nitrogens is 2. The molecular formula is C16H19IN4O3S. The zero-order valence-corrected chi connectivity index (χ0v) is 16.7. The van der Waals surface area contributed by atoms with Gasteiger partial charge >= 0.3 is 5.69 Å². The lowest BCUT2D eigenvalue weighted by molar-refractivity contribution is 0.347. The Morgan fingerprint density at radius 1 is 1.32 bits per heavy atom. The lowest BCUT2D eigenvalue weighted by atomic mass is 10.2. The van der Waals surface area contributed by atoms with E-state index in [1.807, 2.05) is 29.5 Å². The van der Waals surface area contributed by atoms with Crippen LogP contribution in [0.4, 0.5) is 5.82 Å². The standard InChI is InChI=1S/C16H19IN4O3S/c1-11-4-6-13(7-5-11)25(23,24)21-8-2-3-12(21)9-20-10-14(17)15(18)19-16(20)22/h4-7,10,12H,2-3,8-9H2,1H3,(H2,18,19,22)/t12-/m0/s1. The smallest absolute Gasteiger partial charge is 0.349 e. The fourth-order valence-electron chi connectivity index (χ4n) is 2.99. The molecule has 0 spiro atoms. The van der Waals surface area contributed by atoms with Crippen molar-refractivity contribution in [2.75, 3.05) is 12.3 Å². The summed E-state index contributed by atoms with van der Waals surface area (Å²) in [5.41, 5.74) is 6.19. The first-order chi connectivity index (χ1) is 11.8. The number of nitrogens with two attached hydrogens (primary N) is 1. The van der Waals surface area contributed by atoms with Crippen LogP contribution in [0.3, 0.4) is 0 Å². The highest BCUT2D eigenvalue weighted by Crippen LogP contribution is 2.27. The number of sulfonamides is 1. The van der Waals surface area contributed by atoms with E-state index in [0.29, 0.717) is 16.5 Å². The summed E-state index contributed by atoms with van der Waals surface area (Å²) in [6.45, 7) is 2.64. The van der Waals surface area contributed by atoms with Crippen molar-refractivity contribution in [3.05, 3.63) is 50.1 Å². The van der Waals surface area contributed by atoms with Crippen LogP contribution in [0.25, 0.3) is 0 Å². The maximum absolute atomic E-state index is 13.0. The van der Waals surface area contributed by atoms with Crippen molar-refractivity contribution in [1.82, 2.24) is 13.9 Å². The molecule has 134 valence electrons. The highest BCUT2D eigenvalue weighted by molar-refractivity contribution is 14.1. The lowest BCUT2D eigenvalue weighted by Gasteiger charge is -2.24. The zero-order valence-electron chi connectivity index (χ0n) is 13.7. The Kier molecular flexibility index (Phi) is 5.16. The van der Waals surface area contributed by atoms with Gasteiger partial charge in [-0.2, -0.15) is 9.29 Å². The van der Waals surface area contributed by atoms with Crippen molar-refractivity contribution in [3.8, 4) is 0 Å². The van der Waals surface area contributed by atoms with Gasteiger partial charge in [-0.3, -0.25) is 4.57 Å². The van der Waals surface area contributed by atoms with Crippen molar-refractivity contribution >= 4 is 38.4 Å². The van der Waals surface area contributed by atoms with E-state index in [-0.39, 0.29) is 23.3 Å². The molecule has 0 amide bonds. The van der Waals surface area contributed by atoms with E-state index < -0.39 is 15.7 Å². The number of nitrogen functional groups attached to an aromatic ring is 1. The largest absolute Gasteiger partial charge is 0.383 e.